The van der Waals surface area contributed by atoms with E-state index in [0.717, 1.165) is 29.0 Å². The average molecular weight is 304 g/mol. The lowest BCUT2D eigenvalue weighted by atomic mass is 10.1. The van der Waals surface area contributed by atoms with Gasteiger partial charge in [-0.1, -0.05) is 0 Å². The molecule has 1 atom stereocenters. The van der Waals surface area contributed by atoms with Gasteiger partial charge in [0.05, 0.1) is 16.2 Å². The first-order chi connectivity index (χ1) is 6.86. The molecule has 1 aliphatic heterocycles. The van der Waals surface area contributed by atoms with Gasteiger partial charge in [0, 0.05) is 12.8 Å². The topological polar surface area (TPSA) is 34.2 Å². The zero-order chi connectivity index (χ0) is 9.80. The van der Waals surface area contributed by atoms with Crippen LogP contribution in [0.15, 0.2) is 18.3 Å². The molecule has 1 saturated heterocycles. The van der Waals surface area contributed by atoms with E-state index in [1.54, 1.807) is 0 Å². The highest BCUT2D eigenvalue weighted by molar-refractivity contribution is 14.1. The number of hydrogen-bond acceptors (Lipinski definition) is 3. The van der Waals surface area contributed by atoms with Crippen molar-refractivity contribution in [2.45, 2.75) is 18.9 Å². The monoisotopic (exact) mass is 304 g/mol. The smallest absolute Gasteiger partial charge is 0.139 e. The van der Waals surface area contributed by atoms with E-state index >= 15 is 0 Å². The Morgan fingerprint density at radius 2 is 2.50 bits per heavy atom. The van der Waals surface area contributed by atoms with E-state index in [4.69, 9.17) is 4.74 Å². The predicted octanol–water partition coefficient (Wildman–Crippen LogP) is 2.28. The number of hydrogen-bond donors (Lipinski definition) is 1. The van der Waals surface area contributed by atoms with Crippen molar-refractivity contribution in [3.05, 3.63) is 21.9 Å². The van der Waals surface area contributed by atoms with Gasteiger partial charge in [0.1, 0.15) is 5.82 Å². The Kier molecular flexibility index (Phi) is 3.58. The zero-order valence-corrected chi connectivity index (χ0v) is 10.0. The molecule has 1 fully saturated rings. The molecule has 0 radical (unpaired) electrons. The molecule has 0 aliphatic carbocycles. The van der Waals surface area contributed by atoms with Crippen molar-refractivity contribution in [2.75, 3.05) is 18.5 Å². The number of ether oxygens (including phenoxy) is 1. The average Bonchev–Trinajstić information content (AvgIpc) is 2.23. The summed E-state index contributed by atoms with van der Waals surface area (Å²) in [5, 5.41) is 3.41. The normalized spacial score (nSPS) is 21.9. The Bertz CT molecular complexity index is 300. The molecule has 0 aromatic carbocycles. The fourth-order valence-electron chi connectivity index (χ4n) is 1.54. The van der Waals surface area contributed by atoms with Crippen LogP contribution < -0.4 is 5.32 Å². The van der Waals surface area contributed by atoms with Gasteiger partial charge in [-0.2, -0.15) is 0 Å². The highest BCUT2D eigenvalue weighted by Crippen LogP contribution is 2.17. The second-order valence-electron chi connectivity index (χ2n) is 3.39. The van der Waals surface area contributed by atoms with Gasteiger partial charge in [-0.25, -0.2) is 4.98 Å². The third-order valence-electron chi connectivity index (χ3n) is 2.26. The highest BCUT2D eigenvalue weighted by Gasteiger charge is 2.14. The Balaban J connectivity index is 1.99. The Morgan fingerprint density at radius 1 is 1.57 bits per heavy atom. The van der Waals surface area contributed by atoms with Gasteiger partial charge in [0.2, 0.25) is 0 Å². The summed E-state index contributed by atoms with van der Waals surface area (Å²) < 4.78 is 6.56. The van der Waals surface area contributed by atoms with Gasteiger partial charge in [0.25, 0.3) is 0 Å². The van der Waals surface area contributed by atoms with Crippen molar-refractivity contribution in [2.24, 2.45) is 0 Å². The Hall–Kier alpha value is -0.360. The van der Waals surface area contributed by atoms with E-state index in [0.29, 0.717) is 6.04 Å². The summed E-state index contributed by atoms with van der Waals surface area (Å²) >= 11 is 2.29. The van der Waals surface area contributed by atoms with Crippen molar-refractivity contribution in [3.8, 4) is 0 Å². The third-order valence-corrected chi connectivity index (χ3v) is 3.13. The summed E-state index contributed by atoms with van der Waals surface area (Å²) in [5.74, 6) is 0.976. The van der Waals surface area contributed by atoms with Crippen LogP contribution in [-0.4, -0.2) is 24.2 Å². The molecule has 0 saturated carbocycles. The van der Waals surface area contributed by atoms with E-state index < -0.39 is 0 Å². The molecule has 0 unspecified atom stereocenters. The van der Waals surface area contributed by atoms with Gasteiger partial charge in [-0.3, -0.25) is 0 Å². The van der Waals surface area contributed by atoms with Crippen molar-refractivity contribution in [1.29, 1.82) is 0 Å². The summed E-state index contributed by atoms with van der Waals surface area (Å²) in [6, 6.07) is 4.43. The minimum absolute atomic E-state index is 0.423. The quantitative estimate of drug-likeness (QED) is 0.851. The number of aromatic nitrogens is 1. The number of halogens is 1. The predicted molar refractivity (Wildman–Crippen MR) is 64.4 cm³/mol. The number of nitrogens with zero attached hydrogens (tertiary/aromatic N) is 1. The molecular weight excluding hydrogens is 291 g/mol. The largest absolute Gasteiger partial charge is 0.379 e. The molecule has 0 bridgehead atoms. The van der Waals surface area contributed by atoms with E-state index in [2.05, 4.69) is 39.0 Å². The number of anilines is 1. The first-order valence-corrected chi connectivity index (χ1v) is 5.89. The second-order valence-corrected chi connectivity index (χ2v) is 4.55. The molecule has 1 aromatic heterocycles. The number of rotatable bonds is 2. The standard InChI is InChI=1S/C10H13IN2O/c11-9-4-1-5-12-10(9)13-8-3-2-6-14-7-8/h1,4-5,8H,2-3,6-7H2,(H,12,13)/t8-/m1/s1. The van der Waals surface area contributed by atoms with E-state index in [9.17, 15) is 0 Å². The lowest BCUT2D eigenvalue weighted by Gasteiger charge is -2.23. The summed E-state index contributed by atoms with van der Waals surface area (Å²) in [5.41, 5.74) is 0. The van der Waals surface area contributed by atoms with Crippen molar-refractivity contribution in [3.63, 3.8) is 0 Å². The van der Waals surface area contributed by atoms with Gasteiger partial charge in [0.15, 0.2) is 0 Å². The molecular formula is C10H13IN2O. The van der Waals surface area contributed by atoms with Gasteiger partial charge in [-0.15, -0.1) is 0 Å². The SMILES string of the molecule is Ic1cccnc1N[C@@H]1CCCOC1. The summed E-state index contributed by atoms with van der Waals surface area (Å²) in [6.45, 7) is 1.70. The van der Waals surface area contributed by atoms with Gasteiger partial charge in [-0.05, 0) is 47.6 Å². The van der Waals surface area contributed by atoms with Crippen LogP contribution in [0.3, 0.4) is 0 Å². The van der Waals surface area contributed by atoms with Crippen molar-refractivity contribution >= 4 is 28.4 Å². The molecule has 2 heterocycles. The summed E-state index contributed by atoms with van der Waals surface area (Å²) in [7, 11) is 0. The molecule has 1 N–H and O–H groups in total. The van der Waals surface area contributed by atoms with Gasteiger partial charge >= 0.3 is 0 Å². The molecule has 76 valence electrons. The van der Waals surface area contributed by atoms with Gasteiger partial charge < -0.3 is 10.1 Å². The maximum Gasteiger partial charge on any atom is 0.139 e. The van der Waals surface area contributed by atoms with Crippen LogP contribution in [0, 0.1) is 3.57 Å². The summed E-state index contributed by atoms with van der Waals surface area (Å²) in [6.07, 6.45) is 4.13. The van der Waals surface area contributed by atoms with E-state index in [1.807, 2.05) is 12.3 Å². The fraction of sp³-hybridized carbons (Fsp3) is 0.500. The summed E-state index contributed by atoms with van der Waals surface area (Å²) in [4.78, 5) is 4.30. The number of nitrogens with one attached hydrogen (secondary N) is 1. The second kappa shape index (κ2) is 4.93. The first-order valence-electron chi connectivity index (χ1n) is 4.81. The minimum atomic E-state index is 0.423. The van der Waals surface area contributed by atoms with Crippen LogP contribution >= 0.6 is 22.6 Å². The first kappa shape index (κ1) is 10.2. The maximum absolute atomic E-state index is 5.40. The lowest BCUT2D eigenvalue weighted by Crippen LogP contribution is -2.30. The van der Waals surface area contributed by atoms with Crippen LogP contribution in [0.4, 0.5) is 5.82 Å². The third kappa shape index (κ3) is 2.57. The van der Waals surface area contributed by atoms with Crippen LogP contribution in [0.25, 0.3) is 0 Å². The minimum Gasteiger partial charge on any atom is -0.379 e. The fourth-order valence-corrected chi connectivity index (χ4v) is 2.04. The molecule has 14 heavy (non-hydrogen) atoms. The number of pyridine rings is 1. The van der Waals surface area contributed by atoms with Crippen LogP contribution in [-0.2, 0) is 4.74 Å². The molecule has 1 aliphatic rings. The maximum atomic E-state index is 5.40. The zero-order valence-electron chi connectivity index (χ0n) is 7.87. The molecule has 0 spiro atoms. The molecule has 4 heteroatoms. The highest BCUT2D eigenvalue weighted by atomic mass is 127. The van der Waals surface area contributed by atoms with Crippen LogP contribution in [0.5, 0.6) is 0 Å². The van der Waals surface area contributed by atoms with Crippen molar-refractivity contribution < 1.29 is 4.74 Å². The Morgan fingerprint density at radius 3 is 3.21 bits per heavy atom. The lowest BCUT2D eigenvalue weighted by molar-refractivity contribution is 0.0875. The van der Waals surface area contributed by atoms with Crippen LogP contribution in [0.1, 0.15) is 12.8 Å². The molecule has 0 amide bonds. The van der Waals surface area contributed by atoms with E-state index in [1.165, 1.54) is 6.42 Å². The van der Waals surface area contributed by atoms with E-state index in [-0.39, 0.29) is 0 Å². The van der Waals surface area contributed by atoms with Crippen molar-refractivity contribution in [1.82, 2.24) is 4.98 Å². The molecule has 1 aromatic rings. The Labute approximate surface area is 97.4 Å². The van der Waals surface area contributed by atoms with Crippen LogP contribution in [0.2, 0.25) is 0 Å². The molecule has 3 nitrogen and oxygen atoms in total. The molecule has 2 rings (SSSR count).